The third-order valence-corrected chi connectivity index (χ3v) is 7.09. The van der Waals surface area contributed by atoms with Gasteiger partial charge in [-0.15, -0.1) is 10.2 Å². The van der Waals surface area contributed by atoms with E-state index in [0.29, 0.717) is 19.6 Å². The number of nitrogens with zero attached hydrogens (tertiary/aromatic N) is 5. The van der Waals surface area contributed by atoms with Crippen molar-refractivity contribution >= 4 is 17.6 Å². The Labute approximate surface area is 239 Å². The highest BCUT2D eigenvalue weighted by molar-refractivity contribution is 5.96. The first-order valence-electron chi connectivity index (χ1n) is 13.6. The molecule has 1 aliphatic heterocycles. The van der Waals surface area contributed by atoms with Gasteiger partial charge in [-0.1, -0.05) is 48.5 Å². The number of carbonyl (C=O) groups is 2. The molecule has 0 spiro atoms. The van der Waals surface area contributed by atoms with Crippen molar-refractivity contribution in [1.29, 1.82) is 0 Å². The topological polar surface area (TPSA) is 78.9 Å². The van der Waals surface area contributed by atoms with Crippen LogP contribution in [0.15, 0.2) is 91.0 Å². The number of carbonyl (C=O) groups excluding carboxylic acids is 2. The van der Waals surface area contributed by atoms with Crippen LogP contribution in [0, 0.1) is 5.82 Å². The van der Waals surface area contributed by atoms with Crippen molar-refractivity contribution in [3.63, 3.8) is 0 Å². The Balaban J connectivity index is 1.24. The number of anilines is 1. The summed E-state index contributed by atoms with van der Waals surface area (Å²) in [5.74, 6) is 0.481. The molecular weight excluding hydrogens is 521 g/mol. The van der Waals surface area contributed by atoms with Crippen LogP contribution in [0.3, 0.4) is 0 Å². The molecule has 1 aliphatic rings. The zero-order valence-electron chi connectivity index (χ0n) is 22.9. The highest BCUT2D eigenvalue weighted by atomic mass is 19.1. The Hall–Kier alpha value is -4.79. The SMILES string of the molecule is COc1cccc(-c2ccc(N3CCCN(C(=O)CN(Cc4ccccc4)C(=O)c4cccc(F)c4)CC3)nn2)c1. The molecular formula is C32H32FN5O3. The molecule has 3 aromatic carbocycles. The zero-order valence-corrected chi connectivity index (χ0v) is 22.9. The Morgan fingerprint density at radius 1 is 0.878 bits per heavy atom. The van der Waals surface area contributed by atoms with Gasteiger partial charge in [0.2, 0.25) is 5.91 Å². The average molecular weight is 554 g/mol. The number of hydrogen-bond acceptors (Lipinski definition) is 6. The molecule has 1 fully saturated rings. The quantitative estimate of drug-likeness (QED) is 0.316. The van der Waals surface area contributed by atoms with E-state index in [1.165, 1.54) is 23.1 Å². The summed E-state index contributed by atoms with van der Waals surface area (Å²) >= 11 is 0. The fourth-order valence-corrected chi connectivity index (χ4v) is 4.90. The maximum atomic E-state index is 13.9. The summed E-state index contributed by atoms with van der Waals surface area (Å²) in [6.45, 7) is 2.53. The van der Waals surface area contributed by atoms with E-state index in [-0.39, 0.29) is 30.5 Å². The molecule has 1 saturated heterocycles. The number of amides is 2. The van der Waals surface area contributed by atoms with Gasteiger partial charge in [-0.3, -0.25) is 9.59 Å². The molecule has 8 nitrogen and oxygen atoms in total. The highest BCUT2D eigenvalue weighted by Crippen LogP contribution is 2.23. The summed E-state index contributed by atoms with van der Waals surface area (Å²) in [7, 11) is 1.63. The predicted octanol–water partition coefficient (Wildman–Crippen LogP) is 4.67. The lowest BCUT2D eigenvalue weighted by Crippen LogP contribution is -2.44. The molecule has 9 heteroatoms. The Bertz CT molecular complexity index is 1480. The van der Waals surface area contributed by atoms with Gasteiger partial charge in [0.25, 0.3) is 5.91 Å². The van der Waals surface area contributed by atoms with E-state index >= 15 is 0 Å². The summed E-state index contributed by atoms with van der Waals surface area (Å²) < 4.78 is 19.2. The van der Waals surface area contributed by atoms with E-state index in [1.54, 1.807) is 18.1 Å². The first-order chi connectivity index (χ1) is 20.0. The van der Waals surface area contributed by atoms with Crippen molar-refractivity contribution in [2.24, 2.45) is 0 Å². The molecule has 41 heavy (non-hydrogen) atoms. The van der Waals surface area contributed by atoms with Crippen LogP contribution < -0.4 is 9.64 Å². The lowest BCUT2D eigenvalue weighted by Gasteiger charge is -2.27. The Morgan fingerprint density at radius 3 is 2.46 bits per heavy atom. The van der Waals surface area contributed by atoms with E-state index in [9.17, 15) is 14.0 Å². The summed E-state index contributed by atoms with van der Waals surface area (Å²) in [5.41, 5.74) is 2.78. The molecule has 0 atom stereocenters. The minimum atomic E-state index is -0.492. The van der Waals surface area contributed by atoms with Crippen molar-refractivity contribution in [1.82, 2.24) is 20.0 Å². The predicted molar refractivity (Wildman–Crippen MR) is 155 cm³/mol. The van der Waals surface area contributed by atoms with E-state index in [4.69, 9.17) is 4.74 Å². The summed E-state index contributed by atoms with van der Waals surface area (Å²) in [6, 6.07) is 26.6. The number of methoxy groups -OCH3 is 1. The van der Waals surface area contributed by atoms with E-state index in [2.05, 4.69) is 15.1 Å². The van der Waals surface area contributed by atoms with Gasteiger partial charge in [0.15, 0.2) is 5.82 Å². The van der Waals surface area contributed by atoms with Crippen LogP contribution in [0.1, 0.15) is 22.3 Å². The number of ether oxygens (including phenoxy) is 1. The smallest absolute Gasteiger partial charge is 0.254 e. The second kappa shape index (κ2) is 13.0. The monoisotopic (exact) mass is 553 g/mol. The summed E-state index contributed by atoms with van der Waals surface area (Å²) in [6.07, 6.45) is 0.752. The van der Waals surface area contributed by atoms with Gasteiger partial charge in [0.1, 0.15) is 18.1 Å². The number of aromatic nitrogens is 2. The molecule has 2 heterocycles. The molecule has 0 N–H and O–H groups in total. The van der Waals surface area contributed by atoms with Crippen molar-refractivity contribution in [3.8, 4) is 17.0 Å². The third kappa shape index (κ3) is 7.05. The molecule has 1 aromatic heterocycles. The van der Waals surface area contributed by atoms with Crippen LogP contribution in [0.4, 0.5) is 10.2 Å². The van der Waals surface area contributed by atoms with E-state index in [1.807, 2.05) is 66.7 Å². The molecule has 0 bridgehead atoms. The van der Waals surface area contributed by atoms with Crippen molar-refractivity contribution in [2.75, 3.05) is 44.7 Å². The van der Waals surface area contributed by atoms with Gasteiger partial charge in [-0.25, -0.2) is 4.39 Å². The number of halogens is 1. The van der Waals surface area contributed by atoms with Gasteiger partial charge in [0.05, 0.1) is 12.8 Å². The van der Waals surface area contributed by atoms with Crippen LogP contribution in [0.2, 0.25) is 0 Å². The second-order valence-corrected chi connectivity index (χ2v) is 9.89. The normalized spacial score (nSPS) is 13.4. The molecule has 0 unspecified atom stereocenters. The summed E-state index contributed by atoms with van der Waals surface area (Å²) in [5, 5.41) is 8.87. The average Bonchev–Trinajstić information content (AvgIpc) is 3.28. The number of rotatable bonds is 8. The van der Waals surface area contributed by atoms with Crippen LogP contribution in [-0.2, 0) is 11.3 Å². The van der Waals surface area contributed by atoms with Gasteiger partial charge in [-0.05, 0) is 54.4 Å². The van der Waals surface area contributed by atoms with E-state index in [0.717, 1.165) is 41.4 Å². The van der Waals surface area contributed by atoms with Gasteiger partial charge in [0, 0.05) is 43.9 Å². The minimum absolute atomic E-state index is 0.0979. The highest BCUT2D eigenvalue weighted by Gasteiger charge is 2.25. The fraction of sp³-hybridized carbons (Fsp3) is 0.250. The number of hydrogen-bond donors (Lipinski definition) is 0. The molecule has 2 amide bonds. The molecule has 210 valence electrons. The van der Waals surface area contributed by atoms with Crippen molar-refractivity contribution < 1.29 is 18.7 Å². The van der Waals surface area contributed by atoms with Gasteiger partial charge in [-0.2, -0.15) is 0 Å². The largest absolute Gasteiger partial charge is 0.497 e. The van der Waals surface area contributed by atoms with Gasteiger partial charge < -0.3 is 19.4 Å². The molecule has 0 saturated carbocycles. The van der Waals surface area contributed by atoms with Crippen LogP contribution >= 0.6 is 0 Å². The lowest BCUT2D eigenvalue weighted by molar-refractivity contribution is -0.131. The second-order valence-electron chi connectivity index (χ2n) is 9.89. The van der Waals surface area contributed by atoms with E-state index < -0.39 is 5.82 Å². The van der Waals surface area contributed by atoms with Gasteiger partial charge >= 0.3 is 0 Å². The minimum Gasteiger partial charge on any atom is -0.497 e. The standard InChI is InChI=1S/C32H32FN5O3/c1-41-28-13-6-10-25(21-28)29-14-15-30(35-34-29)36-16-7-17-37(19-18-36)31(39)23-38(22-24-8-3-2-4-9-24)32(40)26-11-5-12-27(33)20-26/h2-6,8-15,20-21H,7,16-19,22-23H2,1H3. The Kier molecular flexibility index (Phi) is 8.83. The van der Waals surface area contributed by atoms with Crippen LogP contribution in [0.5, 0.6) is 5.75 Å². The molecule has 5 rings (SSSR count). The maximum Gasteiger partial charge on any atom is 0.254 e. The summed E-state index contributed by atoms with van der Waals surface area (Å²) in [4.78, 5) is 32.2. The number of benzene rings is 3. The van der Waals surface area contributed by atoms with Crippen molar-refractivity contribution in [2.45, 2.75) is 13.0 Å². The maximum absolute atomic E-state index is 13.9. The molecule has 4 aromatic rings. The van der Waals surface area contributed by atoms with Crippen LogP contribution in [0.25, 0.3) is 11.3 Å². The van der Waals surface area contributed by atoms with Crippen molar-refractivity contribution in [3.05, 3.63) is 108 Å². The van der Waals surface area contributed by atoms with Crippen LogP contribution in [-0.4, -0.2) is 71.6 Å². The lowest BCUT2D eigenvalue weighted by atomic mass is 10.1. The molecule has 0 aliphatic carbocycles. The first kappa shape index (κ1) is 27.8. The fourth-order valence-electron chi connectivity index (χ4n) is 4.90. The molecule has 0 radical (unpaired) electrons. The first-order valence-corrected chi connectivity index (χ1v) is 13.6. The third-order valence-electron chi connectivity index (χ3n) is 7.09. The Morgan fingerprint density at radius 2 is 1.71 bits per heavy atom. The zero-order chi connectivity index (χ0) is 28.6.